The number of fused-ring (bicyclic) bond motifs is 1. The molecule has 0 spiro atoms. The molecule has 1 fully saturated rings. The van der Waals surface area contributed by atoms with Crippen LogP contribution in [0.25, 0.3) is 33.0 Å². The van der Waals surface area contributed by atoms with Gasteiger partial charge in [0, 0.05) is 23.2 Å². The molecule has 5 nitrogen and oxygen atoms in total. The fourth-order valence-corrected chi connectivity index (χ4v) is 4.79. The van der Waals surface area contributed by atoms with Crippen LogP contribution in [0, 0.1) is 11.6 Å². The maximum atomic E-state index is 15.1. The zero-order chi connectivity index (χ0) is 25.0. The minimum atomic E-state index is -4.42. The van der Waals surface area contributed by atoms with Crippen molar-refractivity contribution >= 4 is 33.2 Å². The second kappa shape index (κ2) is 8.37. The van der Waals surface area contributed by atoms with Crippen LogP contribution < -0.4 is 5.32 Å². The lowest BCUT2D eigenvalue weighted by Gasteiger charge is -2.09. The number of benzene rings is 3. The summed E-state index contributed by atoms with van der Waals surface area (Å²) in [6.07, 6.45) is -2.51. The summed E-state index contributed by atoms with van der Waals surface area (Å²) in [5.41, 5.74) is 1.80. The monoisotopic (exact) mass is 513 g/mol. The Balaban J connectivity index is 1.31. The summed E-state index contributed by atoms with van der Waals surface area (Å²) >= 11 is 1.09. The van der Waals surface area contributed by atoms with Crippen molar-refractivity contribution in [1.29, 1.82) is 0 Å². The SMILES string of the molecule is Fc1ccc(-c2nc3cc(Nc4nnc(-c5ccc(C(F)(F)F)cc5)s4)c(F)cc3n2C2CC2)cc1. The van der Waals surface area contributed by atoms with Crippen molar-refractivity contribution in [3.05, 3.63) is 77.9 Å². The van der Waals surface area contributed by atoms with E-state index in [1.165, 1.54) is 30.3 Å². The summed E-state index contributed by atoms with van der Waals surface area (Å²) in [5.74, 6) is -0.219. The highest BCUT2D eigenvalue weighted by Gasteiger charge is 2.31. The number of nitrogens with one attached hydrogen (secondary N) is 1. The highest BCUT2D eigenvalue weighted by atomic mass is 32.1. The Hall–Kier alpha value is -3.86. The Kier molecular flexibility index (Phi) is 5.25. The number of anilines is 2. The van der Waals surface area contributed by atoms with Crippen LogP contribution in [-0.4, -0.2) is 19.7 Å². The quantitative estimate of drug-likeness (QED) is 0.246. The lowest BCUT2D eigenvalue weighted by atomic mass is 10.1. The highest BCUT2D eigenvalue weighted by molar-refractivity contribution is 7.18. The van der Waals surface area contributed by atoms with Gasteiger partial charge in [0.25, 0.3) is 0 Å². The molecule has 0 aliphatic heterocycles. The van der Waals surface area contributed by atoms with E-state index in [9.17, 15) is 17.6 Å². The van der Waals surface area contributed by atoms with Crippen LogP contribution in [0.1, 0.15) is 24.4 Å². The standard InChI is InChI=1S/C25H16F5N5S/c26-16-7-3-13(4-8-16)22-31-20-12-19(18(27)11-21(20)35(22)17-9-10-17)32-24-34-33-23(36-24)14-1-5-15(6-2-14)25(28,29)30/h1-8,11-12,17H,9-10H2,(H,32,34). The van der Waals surface area contributed by atoms with Gasteiger partial charge in [0.1, 0.15) is 22.5 Å². The first kappa shape index (κ1) is 22.6. The van der Waals surface area contributed by atoms with Gasteiger partial charge >= 0.3 is 6.18 Å². The van der Waals surface area contributed by atoms with Crippen molar-refractivity contribution in [3.63, 3.8) is 0 Å². The van der Waals surface area contributed by atoms with Gasteiger partial charge < -0.3 is 9.88 Å². The van der Waals surface area contributed by atoms with Gasteiger partial charge in [-0.05, 0) is 55.3 Å². The van der Waals surface area contributed by atoms with Crippen LogP contribution in [-0.2, 0) is 6.18 Å². The number of nitrogens with zero attached hydrogens (tertiary/aromatic N) is 4. The predicted molar refractivity (Wildman–Crippen MR) is 127 cm³/mol. The molecule has 1 N–H and O–H groups in total. The Labute approximate surface area is 205 Å². The van der Waals surface area contributed by atoms with Crippen molar-refractivity contribution in [1.82, 2.24) is 19.7 Å². The van der Waals surface area contributed by atoms with Gasteiger partial charge in [0.05, 0.1) is 22.3 Å². The first-order valence-electron chi connectivity index (χ1n) is 11.0. The van der Waals surface area contributed by atoms with Gasteiger partial charge in [-0.15, -0.1) is 10.2 Å². The Morgan fingerprint density at radius 3 is 2.25 bits per heavy atom. The van der Waals surface area contributed by atoms with Crippen molar-refractivity contribution in [2.45, 2.75) is 25.1 Å². The van der Waals surface area contributed by atoms with Crippen LogP contribution in [0.3, 0.4) is 0 Å². The molecule has 1 aliphatic rings. The third-order valence-electron chi connectivity index (χ3n) is 5.92. The van der Waals surface area contributed by atoms with E-state index in [2.05, 4.69) is 15.5 Å². The highest BCUT2D eigenvalue weighted by Crippen LogP contribution is 2.42. The van der Waals surface area contributed by atoms with Gasteiger partial charge in [0.15, 0.2) is 0 Å². The van der Waals surface area contributed by atoms with E-state index in [1.807, 2.05) is 4.57 Å². The molecule has 36 heavy (non-hydrogen) atoms. The predicted octanol–water partition coefficient (Wildman–Crippen LogP) is 7.60. The van der Waals surface area contributed by atoms with Crippen LogP contribution in [0.4, 0.5) is 32.8 Å². The van der Waals surface area contributed by atoms with E-state index in [0.717, 1.165) is 41.9 Å². The van der Waals surface area contributed by atoms with Gasteiger partial charge in [-0.3, -0.25) is 0 Å². The lowest BCUT2D eigenvalue weighted by molar-refractivity contribution is -0.137. The van der Waals surface area contributed by atoms with Gasteiger partial charge in [-0.25, -0.2) is 13.8 Å². The molecule has 6 rings (SSSR count). The number of alkyl halides is 3. The van der Waals surface area contributed by atoms with Crippen LogP contribution in [0.2, 0.25) is 0 Å². The van der Waals surface area contributed by atoms with Crippen LogP contribution >= 0.6 is 11.3 Å². The number of halogens is 5. The molecule has 3 aromatic carbocycles. The van der Waals surface area contributed by atoms with E-state index in [-0.39, 0.29) is 22.7 Å². The second-order valence-electron chi connectivity index (χ2n) is 8.48. The van der Waals surface area contributed by atoms with Crippen molar-refractivity contribution < 1.29 is 22.0 Å². The normalized spacial score (nSPS) is 13.9. The number of rotatable bonds is 5. The Bertz CT molecular complexity index is 1570. The Morgan fingerprint density at radius 2 is 1.58 bits per heavy atom. The molecule has 1 saturated carbocycles. The molecule has 182 valence electrons. The lowest BCUT2D eigenvalue weighted by Crippen LogP contribution is -2.03. The fourth-order valence-electron chi connectivity index (χ4n) is 4.02. The summed E-state index contributed by atoms with van der Waals surface area (Å²) in [6.45, 7) is 0. The molecule has 1 aliphatic carbocycles. The third-order valence-corrected chi connectivity index (χ3v) is 6.81. The first-order valence-corrected chi connectivity index (χ1v) is 11.8. The molecule has 2 aromatic heterocycles. The summed E-state index contributed by atoms with van der Waals surface area (Å²) in [4.78, 5) is 4.71. The molecule has 0 radical (unpaired) electrons. The molecule has 2 heterocycles. The topological polar surface area (TPSA) is 55.6 Å². The van der Waals surface area contributed by atoms with Gasteiger partial charge in [0.2, 0.25) is 5.13 Å². The maximum absolute atomic E-state index is 15.1. The number of hydrogen-bond acceptors (Lipinski definition) is 5. The van der Waals surface area contributed by atoms with Gasteiger partial charge in [-0.1, -0.05) is 23.5 Å². The van der Waals surface area contributed by atoms with E-state index < -0.39 is 17.6 Å². The zero-order valence-electron chi connectivity index (χ0n) is 18.4. The summed E-state index contributed by atoms with van der Waals surface area (Å²) in [5, 5.41) is 11.6. The fraction of sp³-hybridized carbons (Fsp3) is 0.160. The van der Waals surface area contributed by atoms with E-state index in [4.69, 9.17) is 4.98 Å². The third kappa shape index (κ3) is 4.19. The molecule has 11 heteroatoms. The van der Waals surface area contributed by atoms with Crippen molar-refractivity contribution in [2.24, 2.45) is 0 Å². The van der Waals surface area contributed by atoms with E-state index in [1.54, 1.807) is 18.2 Å². The van der Waals surface area contributed by atoms with Crippen LogP contribution in [0.15, 0.2) is 60.7 Å². The first-order chi connectivity index (χ1) is 17.3. The largest absolute Gasteiger partial charge is 0.416 e. The molecule has 5 aromatic rings. The average Bonchev–Trinajstić information content (AvgIpc) is 3.46. The summed E-state index contributed by atoms with van der Waals surface area (Å²) in [6, 6.07) is 13.8. The minimum absolute atomic E-state index is 0.142. The summed E-state index contributed by atoms with van der Waals surface area (Å²) in [7, 11) is 0. The molecule has 0 atom stereocenters. The Morgan fingerprint density at radius 1 is 0.889 bits per heavy atom. The van der Waals surface area contributed by atoms with E-state index >= 15 is 4.39 Å². The molecule has 0 unspecified atom stereocenters. The zero-order valence-corrected chi connectivity index (χ0v) is 19.2. The van der Waals surface area contributed by atoms with Crippen molar-refractivity contribution in [3.8, 4) is 22.0 Å². The molecule has 0 bridgehead atoms. The minimum Gasteiger partial charge on any atom is -0.328 e. The van der Waals surface area contributed by atoms with Crippen molar-refractivity contribution in [2.75, 3.05) is 5.32 Å². The molecular formula is C25H16F5N5S. The molecule has 0 saturated heterocycles. The molecular weight excluding hydrogens is 497 g/mol. The van der Waals surface area contributed by atoms with Gasteiger partial charge in [-0.2, -0.15) is 13.2 Å². The second-order valence-corrected chi connectivity index (χ2v) is 9.45. The number of hydrogen-bond donors (Lipinski definition) is 1. The smallest absolute Gasteiger partial charge is 0.328 e. The van der Waals surface area contributed by atoms with Crippen LogP contribution in [0.5, 0.6) is 0 Å². The summed E-state index contributed by atoms with van der Waals surface area (Å²) < 4.78 is 69.0. The number of aromatic nitrogens is 4. The average molecular weight is 513 g/mol. The number of imidazole rings is 1. The molecule has 0 amide bonds. The maximum Gasteiger partial charge on any atom is 0.416 e. The van der Waals surface area contributed by atoms with E-state index in [0.29, 0.717) is 27.4 Å².